The number of amides is 2. The molecule has 2 aromatic carbocycles. The predicted octanol–water partition coefficient (Wildman–Crippen LogP) is 3.83. The average molecular weight is 654 g/mol. The molecule has 0 spiro atoms. The quantitative estimate of drug-likeness (QED) is 0.103. The molecule has 0 unspecified atom stereocenters. The van der Waals surface area contributed by atoms with E-state index in [9.17, 15) is 28.2 Å². The summed E-state index contributed by atoms with van der Waals surface area (Å²) in [5.41, 5.74) is 1.76. The Balaban J connectivity index is 1.94. The fraction of sp³-hybridized carbons (Fsp3) is 0.394. The highest BCUT2D eigenvalue weighted by molar-refractivity contribution is 7.89. The van der Waals surface area contributed by atoms with E-state index in [0.717, 1.165) is 10.5 Å². The van der Waals surface area contributed by atoms with Crippen LogP contribution in [0.4, 0.5) is 4.79 Å². The van der Waals surface area contributed by atoms with Gasteiger partial charge in [-0.3, -0.25) is 14.7 Å². The number of aromatic nitrogens is 1. The van der Waals surface area contributed by atoms with Gasteiger partial charge in [-0.25, -0.2) is 13.2 Å². The SMILES string of the molecule is CC(C)CN(C[C@@H](O)[C@H](Cc1ccccc1)NC(=O)[C@@H](C(C)C)N(Cc1ccccn1)C(=O)O)S(=O)(=O)c1ccc(/C=N/O)cc1. The van der Waals surface area contributed by atoms with Crippen molar-refractivity contribution in [3.63, 3.8) is 0 Å². The topological polar surface area (TPSA) is 173 Å². The van der Waals surface area contributed by atoms with E-state index >= 15 is 0 Å². The minimum absolute atomic E-state index is 0.00872. The Hall–Kier alpha value is -4.33. The van der Waals surface area contributed by atoms with Crippen LogP contribution in [0.3, 0.4) is 0 Å². The number of rotatable bonds is 16. The van der Waals surface area contributed by atoms with Gasteiger partial charge in [0.05, 0.1) is 35.5 Å². The Bertz CT molecular complexity index is 1540. The largest absolute Gasteiger partial charge is 0.465 e. The molecule has 0 aliphatic carbocycles. The molecule has 46 heavy (non-hydrogen) atoms. The third kappa shape index (κ3) is 10.1. The number of hydrogen-bond donors (Lipinski definition) is 4. The molecule has 4 N–H and O–H groups in total. The van der Waals surface area contributed by atoms with Crippen LogP contribution >= 0.6 is 0 Å². The van der Waals surface area contributed by atoms with Crippen molar-refractivity contribution in [2.75, 3.05) is 13.1 Å². The summed E-state index contributed by atoms with van der Waals surface area (Å²) in [6, 6.07) is 17.9. The molecule has 0 fully saturated rings. The van der Waals surface area contributed by atoms with E-state index in [1.54, 1.807) is 38.2 Å². The Morgan fingerprint density at radius 2 is 1.61 bits per heavy atom. The van der Waals surface area contributed by atoms with Crippen LogP contribution in [0.25, 0.3) is 0 Å². The molecular formula is C33H43N5O7S. The van der Waals surface area contributed by atoms with Crippen LogP contribution in [0.1, 0.15) is 44.5 Å². The monoisotopic (exact) mass is 653 g/mol. The minimum atomic E-state index is -4.09. The number of benzene rings is 2. The number of nitrogens with one attached hydrogen (secondary N) is 1. The summed E-state index contributed by atoms with van der Waals surface area (Å²) in [5.74, 6) is -1.15. The number of oxime groups is 1. The third-order valence-corrected chi connectivity index (χ3v) is 9.16. The zero-order chi connectivity index (χ0) is 33.9. The van der Waals surface area contributed by atoms with Crippen molar-refractivity contribution in [3.8, 4) is 0 Å². The molecule has 2 amide bonds. The van der Waals surface area contributed by atoms with E-state index in [1.165, 1.54) is 34.8 Å². The van der Waals surface area contributed by atoms with Gasteiger partial charge in [0.2, 0.25) is 15.9 Å². The lowest BCUT2D eigenvalue weighted by molar-refractivity contribution is -0.129. The summed E-state index contributed by atoms with van der Waals surface area (Å²) in [5, 5.41) is 36.4. The van der Waals surface area contributed by atoms with Gasteiger partial charge in [-0.15, -0.1) is 0 Å². The fourth-order valence-corrected chi connectivity index (χ4v) is 6.75. The summed E-state index contributed by atoms with van der Waals surface area (Å²) >= 11 is 0. The summed E-state index contributed by atoms with van der Waals surface area (Å²) in [6.45, 7) is 6.81. The van der Waals surface area contributed by atoms with Crippen LogP contribution in [0.2, 0.25) is 0 Å². The minimum Gasteiger partial charge on any atom is -0.465 e. The second kappa shape index (κ2) is 16.8. The zero-order valence-electron chi connectivity index (χ0n) is 26.5. The fourth-order valence-electron chi connectivity index (χ4n) is 5.13. The number of pyridine rings is 1. The number of hydrogen-bond acceptors (Lipinski definition) is 8. The molecule has 0 saturated carbocycles. The van der Waals surface area contributed by atoms with E-state index in [1.807, 2.05) is 44.2 Å². The van der Waals surface area contributed by atoms with Crippen molar-refractivity contribution in [1.29, 1.82) is 0 Å². The van der Waals surface area contributed by atoms with Crippen LogP contribution < -0.4 is 5.32 Å². The first-order valence-corrected chi connectivity index (χ1v) is 16.5. The van der Waals surface area contributed by atoms with Crippen LogP contribution in [0.5, 0.6) is 0 Å². The van der Waals surface area contributed by atoms with Crippen molar-refractivity contribution in [3.05, 3.63) is 95.8 Å². The number of nitrogens with zero attached hydrogens (tertiary/aromatic N) is 4. The molecule has 0 bridgehead atoms. The van der Waals surface area contributed by atoms with Gasteiger partial charge in [0, 0.05) is 19.3 Å². The van der Waals surface area contributed by atoms with Gasteiger partial charge in [0.25, 0.3) is 0 Å². The Kier molecular flexibility index (Phi) is 13.2. The Labute approximate surface area is 270 Å². The molecule has 12 nitrogen and oxygen atoms in total. The molecule has 1 heterocycles. The number of aliphatic hydroxyl groups excluding tert-OH is 1. The van der Waals surface area contributed by atoms with Gasteiger partial charge in [-0.05, 0) is 53.6 Å². The normalized spacial score (nSPS) is 14.0. The molecular weight excluding hydrogens is 610 g/mol. The highest BCUT2D eigenvalue weighted by Crippen LogP contribution is 2.21. The van der Waals surface area contributed by atoms with Crippen molar-refractivity contribution in [1.82, 2.24) is 19.5 Å². The van der Waals surface area contributed by atoms with Crippen LogP contribution in [0.15, 0.2) is 89.0 Å². The molecule has 3 aromatic rings. The van der Waals surface area contributed by atoms with E-state index in [4.69, 9.17) is 5.21 Å². The lowest BCUT2D eigenvalue weighted by atomic mass is 9.97. The Morgan fingerprint density at radius 1 is 0.957 bits per heavy atom. The van der Waals surface area contributed by atoms with Crippen molar-refractivity contribution >= 4 is 28.2 Å². The third-order valence-electron chi connectivity index (χ3n) is 7.31. The maximum absolute atomic E-state index is 13.9. The lowest BCUT2D eigenvalue weighted by Gasteiger charge is -2.34. The van der Waals surface area contributed by atoms with Gasteiger partial charge in [0.1, 0.15) is 6.04 Å². The smallest absolute Gasteiger partial charge is 0.408 e. The molecule has 3 atom stereocenters. The first kappa shape index (κ1) is 36.1. The summed E-state index contributed by atoms with van der Waals surface area (Å²) in [7, 11) is -4.09. The standard InChI is InChI=1S/C33H43N5O7S/c1-23(2)20-37(46(44,45)28-15-13-26(14-16-28)19-35-43)22-30(39)29(18-25-10-6-5-7-11-25)36-32(40)31(24(3)4)38(33(41)42)21-27-12-8-9-17-34-27/h5-17,19,23-24,29-31,39,43H,18,20-22H2,1-4H3,(H,36,40)(H,41,42)/b35-19+/t29-,30+,31+/m0/s1. The molecule has 0 aliphatic heterocycles. The lowest BCUT2D eigenvalue weighted by Crippen LogP contribution is -2.57. The van der Waals surface area contributed by atoms with Gasteiger partial charge in [-0.2, -0.15) is 4.31 Å². The number of carboxylic acid groups (broad SMARTS) is 1. The maximum Gasteiger partial charge on any atom is 0.408 e. The Morgan fingerprint density at radius 3 is 2.15 bits per heavy atom. The number of carbonyl (C=O) groups is 2. The van der Waals surface area contributed by atoms with Crippen LogP contribution in [-0.2, 0) is 27.8 Å². The average Bonchev–Trinajstić information content (AvgIpc) is 3.01. The molecule has 13 heteroatoms. The van der Waals surface area contributed by atoms with E-state index < -0.39 is 46.1 Å². The van der Waals surface area contributed by atoms with Crippen molar-refractivity contribution < 1.29 is 33.4 Å². The first-order valence-electron chi connectivity index (χ1n) is 15.0. The van der Waals surface area contributed by atoms with Gasteiger partial charge < -0.3 is 20.7 Å². The van der Waals surface area contributed by atoms with Crippen molar-refractivity contribution in [2.24, 2.45) is 17.0 Å². The van der Waals surface area contributed by atoms with Crippen molar-refractivity contribution in [2.45, 2.75) is 63.7 Å². The van der Waals surface area contributed by atoms with Gasteiger partial charge >= 0.3 is 6.09 Å². The van der Waals surface area contributed by atoms with Gasteiger partial charge in [-0.1, -0.05) is 81.4 Å². The number of carbonyl (C=O) groups excluding carboxylic acids is 1. The van der Waals surface area contributed by atoms with Crippen LogP contribution in [-0.4, -0.2) is 87.5 Å². The van der Waals surface area contributed by atoms with Crippen LogP contribution in [0, 0.1) is 11.8 Å². The number of aliphatic hydroxyl groups is 1. The first-order chi connectivity index (χ1) is 21.8. The zero-order valence-corrected chi connectivity index (χ0v) is 27.3. The maximum atomic E-state index is 13.9. The highest BCUT2D eigenvalue weighted by Gasteiger charge is 2.36. The molecule has 0 saturated heterocycles. The molecule has 0 aliphatic rings. The second-order valence-electron chi connectivity index (χ2n) is 11.8. The second-order valence-corrected chi connectivity index (χ2v) is 13.8. The van der Waals surface area contributed by atoms with E-state index in [2.05, 4.69) is 15.5 Å². The molecule has 0 radical (unpaired) electrons. The summed E-state index contributed by atoms with van der Waals surface area (Å²) in [6.07, 6.45) is 0.220. The van der Waals surface area contributed by atoms with Gasteiger partial charge in [0.15, 0.2) is 0 Å². The summed E-state index contributed by atoms with van der Waals surface area (Å²) < 4.78 is 28.7. The van der Waals surface area contributed by atoms with E-state index in [-0.39, 0.29) is 36.9 Å². The molecule has 3 rings (SSSR count). The highest BCUT2D eigenvalue weighted by atomic mass is 32.2. The number of sulfonamides is 1. The molecule has 248 valence electrons. The molecule has 1 aromatic heterocycles. The predicted molar refractivity (Wildman–Crippen MR) is 174 cm³/mol. The van der Waals surface area contributed by atoms with E-state index in [0.29, 0.717) is 11.3 Å². The summed E-state index contributed by atoms with van der Waals surface area (Å²) in [4.78, 5) is 31.5.